The summed E-state index contributed by atoms with van der Waals surface area (Å²) < 4.78 is 1.97. The van der Waals surface area contributed by atoms with Crippen molar-refractivity contribution in [3.63, 3.8) is 0 Å². The largest absolute Gasteiger partial charge is 0.341 e. The third-order valence-corrected chi connectivity index (χ3v) is 5.88. The molecule has 0 aliphatic carbocycles. The zero-order chi connectivity index (χ0) is 22.1. The van der Waals surface area contributed by atoms with Crippen LogP contribution in [-0.4, -0.2) is 26.9 Å². The van der Waals surface area contributed by atoms with Crippen molar-refractivity contribution in [1.29, 1.82) is 0 Å². The minimum Gasteiger partial charge on any atom is -0.341 e. The minimum absolute atomic E-state index is 0.105. The van der Waals surface area contributed by atoms with Gasteiger partial charge in [0, 0.05) is 42.6 Å². The van der Waals surface area contributed by atoms with E-state index in [-0.39, 0.29) is 11.3 Å². The summed E-state index contributed by atoms with van der Waals surface area (Å²) in [5, 5.41) is 3.91. The lowest BCUT2D eigenvalue weighted by molar-refractivity contribution is -0.128. The first-order chi connectivity index (χ1) is 15.6. The second kappa shape index (κ2) is 8.30. The van der Waals surface area contributed by atoms with Gasteiger partial charge in [-0.15, -0.1) is 0 Å². The van der Waals surface area contributed by atoms with Gasteiger partial charge in [0.05, 0.1) is 5.39 Å². The fourth-order valence-electron chi connectivity index (χ4n) is 4.20. The number of carbonyl (C=O) groups is 1. The molecule has 3 heterocycles. The maximum atomic E-state index is 13.2. The Hall–Kier alpha value is -3.93. The Balaban J connectivity index is 1.68. The average molecular weight is 425 g/mol. The molecular weight excluding hydrogens is 400 g/mol. The zero-order valence-electron chi connectivity index (χ0n) is 17.9. The number of aromatic nitrogens is 2. The smallest absolute Gasteiger partial charge is 0.222 e. The third kappa shape index (κ3) is 3.75. The van der Waals surface area contributed by atoms with E-state index in [1.807, 2.05) is 83.1 Å². The van der Waals surface area contributed by atoms with Gasteiger partial charge < -0.3 is 10.2 Å². The molecule has 0 unspecified atom stereocenters. The highest BCUT2D eigenvalue weighted by Gasteiger charge is 2.22. The molecule has 1 aliphatic heterocycles. The summed E-state index contributed by atoms with van der Waals surface area (Å²) in [5.74, 6) is 0.808. The lowest BCUT2D eigenvalue weighted by Gasteiger charge is -2.20. The van der Waals surface area contributed by atoms with E-state index in [1.54, 1.807) is 6.07 Å². The normalized spacial score (nSPS) is 13.7. The van der Waals surface area contributed by atoms with Crippen LogP contribution in [0.4, 0.5) is 11.5 Å². The lowest BCUT2D eigenvalue weighted by Crippen LogP contribution is -2.25. The Morgan fingerprint density at radius 2 is 1.69 bits per heavy atom. The lowest BCUT2D eigenvalue weighted by atomic mass is 10.1. The molecule has 2 aromatic heterocycles. The standard InChI is InChI=1S/C26H24N4O2/c1-18-19(17-29-14-8-13-25(29)32)15-22-23(31)16-24(28-20-9-4-2-5-10-20)30(26(22)27-18)21-11-6-3-7-12-21/h2-7,9-12,15-16,28H,8,13-14,17H2,1H3. The van der Waals surface area contributed by atoms with Crippen LogP contribution in [0.3, 0.4) is 0 Å². The number of anilines is 2. The predicted octanol–water partition coefficient (Wildman–Crippen LogP) is 4.56. The van der Waals surface area contributed by atoms with Crippen molar-refractivity contribution in [2.24, 2.45) is 0 Å². The van der Waals surface area contributed by atoms with E-state index in [1.165, 1.54) is 0 Å². The number of nitrogens with one attached hydrogen (secondary N) is 1. The van der Waals surface area contributed by atoms with Gasteiger partial charge in [-0.2, -0.15) is 0 Å². The van der Waals surface area contributed by atoms with Crippen molar-refractivity contribution in [2.45, 2.75) is 26.3 Å². The van der Waals surface area contributed by atoms with E-state index in [0.29, 0.717) is 29.8 Å². The van der Waals surface area contributed by atoms with Gasteiger partial charge in [-0.1, -0.05) is 36.4 Å². The summed E-state index contributed by atoms with van der Waals surface area (Å²) in [7, 11) is 0. The SMILES string of the molecule is Cc1nc2c(cc1CN1CCCC1=O)c(=O)cc(Nc1ccccc1)n2-c1ccccc1. The maximum absolute atomic E-state index is 13.2. The number of para-hydroxylation sites is 2. The number of amides is 1. The van der Waals surface area contributed by atoms with Crippen LogP contribution < -0.4 is 10.7 Å². The van der Waals surface area contributed by atoms with E-state index in [9.17, 15) is 9.59 Å². The summed E-state index contributed by atoms with van der Waals surface area (Å²) in [5.41, 5.74) is 4.01. The molecule has 0 radical (unpaired) electrons. The van der Waals surface area contributed by atoms with Gasteiger partial charge in [-0.25, -0.2) is 4.98 Å². The molecule has 32 heavy (non-hydrogen) atoms. The van der Waals surface area contributed by atoms with Crippen LogP contribution in [0.25, 0.3) is 16.7 Å². The highest BCUT2D eigenvalue weighted by Crippen LogP contribution is 2.26. The molecule has 0 saturated carbocycles. The fourth-order valence-corrected chi connectivity index (χ4v) is 4.20. The average Bonchev–Trinajstić information content (AvgIpc) is 3.20. The number of carbonyl (C=O) groups excluding carboxylic acids is 1. The van der Waals surface area contributed by atoms with E-state index in [0.717, 1.165) is 35.6 Å². The van der Waals surface area contributed by atoms with Gasteiger partial charge >= 0.3 is 0 Å². The molecule has 0 atom stereocenters. The van der Waals surface area contributed by atoms with Crippen molar-refractivity contribution >= 4 is 28.4 Å². The quantitative estimate of drug-likeness (QED) is 0.510. The molecule has 1 N–H and O–H groups in total. The van der Waals surface area contributed by atoms with Gasteiger partial charge in [0.15, 0.2) is 5.43 Å². The first kappa shape index (κ1) is 20.0. The fraction of sp³-hybridized carbons (Fsp3) is 0.192. The molecule has 2 aromatic carbocycles. The van der Waals surface area contributed by atoms with Gasteiger partial charge in [0.2, 0.25) is 5.91 Å². The van der Waals surface area contributed by atoms with Gasteiger partial charge in [-0.3, -0.25) is 14.2 Å². The number of nitrogens with zero attached hydrogens (tertiary/aromatic N) is 3. The Morgan fingerprint density at radius 1 is 0.969 bits per heavy atom. The van der Waals surface area contributed by atoms with Crippen LogP contribution in [-0.2, 0) is 11.3 Å². The van der Waals surface area contributed by atoms with Crippen LogP contribution in [0.15, 0.2) is 77.6 Å². The van der Waals surface area contributed by atoms with E-state index >= 15 is 0 Å². The van der Waals surface area contributed by atoms with Gasteiger partial charge in [0.25, 0.3) is 0 Å². The van der Waals surface area contributed by atoms with Crippen molar-refractivity contribution in [3.8, 4) is 5.69 Å². The highest BCUT2D eigenvalue weighted by molar-refractivity contribution is 5.82. The molecule has 6 heteroatoms. The maximum Gasteiger partial charge on any atom is 0.222 e. The molecule has 5 rings (SSSR count). The molecule has 0 bridgehead atoms. The minimum atomic E-state index is -0.105. The Kier molecular flexibility index (Phi) is 5.19. The second-order valence-electron chi connectivity index (χ2n) is 8.08. The molecule has 1 saturated heterocycles. The third-order valence-electron chi connectivity index (χ3n) is 5.88. The number of fused-ring (bicyclic) bond motifs is 1. The number of aryl methyl sites for hydroxylation is 1. The second-order valence-corrected chi connectivity index (χ2v) is 8.08. The number of hydrogen-bond donors (Lipinski definition) is 1. The number of rotatable bonds is 5. The van der Waals surface area contributed by atoms with Crippen LogP contribution >= 0.6 is 0 Å². The molecule has 1 amide bonds. The summed E-state index contributed by atoms with van der Waals surface area (Å²) in [6, 6.07) is 23.2. The summed E-state index contributed by atoms with van der Waals surface area (Å²) in [6.45, 7) is 3.18. The van der Waals surface area contributed by atoms with E-state index in [2.05, 4.69) is 5.32 Å². The van der Waals surface area contributed by atoms with Crippen LogP contribution in [0, 0.1) is 6.92 Å². The Bertz CT molecular complexity index is 1350. The molecule has 0 spiro atoms. The summed E-state index contributed by atoms with van der Waals surface area (Å²) in [4.78, 5) is 32.0. The molecule has 1 aliphatic rings. The molecule has 160 valence electrons. The summed E-state index contributed by atoms with van der Waals surface area (Å²) >= 11 is 0. The molecular formula is C26H24N4O2. The number of likely N-dealkylation sites (tertiary alicyclic amines) is 1. The van der Waals surface area contributed by atoms with Crippen LogP contribution in [0.2, 0.25) is 0 Å². The Labute approximate surface area is 186 Å². The predicted molar refractivity (Wildman–Crippen MR) is 126 cm³/mol. The summed E-state index contributed by atoms with van der Waals surface area (Å²) in [6.07, 6.45) is 1.48. The molecule has 1 fully saturated rings. The van der Waals surface area contributed by atoms with Gasteiger partial charge in [-0.05, 0) is 49.2 Å². The first-order valence-corrected chi connectivity index (χ1v) is 10.8. The first-order valence-electron chi connectivity index (χ1n) is 10.8. The van der Waals surface area contributed by atoms with Crippen LogP contribution in [0.5, 0.6) is 0 Å². The van der Waals surface area contributed by atoms with Crippen LogP contribution in [0.1, 0.15) is 24.1 Å². The zero-order valence-corrected chi connectivity index (χ0v) is 17.9. The molecule has 6 nitrogen and oxygen atoms in total. The van der Waals surface area contributed by atoms with Crippen molar-refractivity contribution in [1.82, 2.24) is 14.5 Å². The number of hydrogen-bond acceptors (Lipinski definition) is 4. The van der Waals surface area contributed by atoms with E-state index in [4.69, 9.17) is 4.98 Å². The van der Waals surface area contributed by atoms with E-state index < -0.39 is 0 Å². The van der Waals surface area contributed by atoms with Crippen molar-refractivity contribution < 1.29 is 4.79 Å². The number of benzene rings is 2. The number of pyridine rings is 2. The highest BCUT2D eigenvalue weighted by atomic mass is 16.2. The Morgan fingerprint density at radius 3 is 2.38 bits per heavy atom. The molecule has 4 aromatic rings. The van der Waals surface area contributed by atoms with Crippen molar-refractivity contribution in [2.75, 3.05) is 11.9 Å². The topological polar surface area (TPSA) is 67.2 Å². The van der Waals surface area contributed by atoms with Gasteiger partial charge in [0.1, 0.15) is 11.5 Å². The van der Waals surface area contributed by atoms with Crippen molar-refractivity contribution in [3.05, 3.63) is 94.3 Å². The monoisotopic (exact) mass is 424 g/mol.